The van der Waals surface area contributed by atoms with Crippen LogP contribution >= 0.6 is 0 Å². The van der Waals surface area contributed by atoms with Crippen LogP contribution in [0.5, 0.6) is 0 Å². The number of halogens is 3. The minimum Gasteiger partial charge on any atom is -0.220 e. The number of benzene rings is 2. The molecule has 0 saturated carbocycles. The monoisotopic (exact) mass is 314 g/mol. The number of hydrogen-bond donors (Lipinski definition) is 0. The van der Waals surface area contributed by atoms with Crippen molar-refractivity contribution in [2.45, 2.75) is 6.18 Å². The first kappa shape index (κ1) is 14.8. The molecular formula is C16H9F3N4. The standard InChI is InChI=1S/C16H9F3N4/c17-16(18,19)14-8-13(7-6-12(14)9-20)23-10-15(21-22-23)11-4-2-1-3-5-11/h1-8,10H. The molecule has 0 radical (unpaired) electrons. The summed E-state index contributed by atoms with van der Waals surface area (Å²) in [5, 5.41) is 16.6. The zero-order chi connectivity index (χ0) is 16.4. The van der Waals surface area contributed by atoms with Crippen LogP contribution in [-0.4, -0.2) is 15.0 Å². The van der Waals surface area contributed by atoms with Gasteiger partial charge in [-0.15, -0.1) is 5.10 Å². The topological polar surface area (TPSA) is 54.5 Å². The van der Waals surface area contributed by atoms with E-state index in [0.29, 0.717) is 5.69 Å². The van der Waals surface area contributed by atoms with E-state index in [4.69, 9.17) is 5.26 Å². The summed E-state index contributed by atoms with van der Waals surface area (Å²) in [5.41, 5.74) is 0.122. The second-order valence-electron chi connectivity index (χ2n) is 4.75. The second kappa shape index (κ2) is 5.57. The number of nitriles is 1. The maximum atomic E-state index is 13.0. The highest BCUT2D eigenvalue weighted by atomic mass is 19.4. The van der Waals surface area contributed by atoms with Gasteiger partial charge in [0.05, 0.1) is 29.1 Å². The Labute approximate surface area is 129 Å². The third-order valence-electron chi connectivity index (χ3n) is 3.26. The van der Waals surface area contributed by atoms with E-state index < -0.39 is 17.3 Å². The van der Waals surface area contributed by atoms with Crippen LogP contribution < -0.4 is 0 Å². The van der Waals surface area contributed by atoms with E-state index in [0.717, 1.165) is 17.7 Å². The summed E-state index contributed by atoms with van der Waals surface area (Å²) >= 11 is 0. The van der Waals surface area contributed by atoms with E-state index in [-0.39, 0.29) is 5.69 Å². The van der Waals surface area contributed by atoms with Crippen molar-refractivity contribution in [3.63, 3.8) is 0 Å². The zero-order valence-electron chi connectivity index (χ0n) is 11.6. The molecule has 3 aromatic rings. The minimum absolute atomic E-state index is 0.186. The fourth-order valence-electron chi connectivity index (χ4n) is 2.14. The molecule has 0 fully saturated rings. The van der Waals surface area contributed by atoms with Crippen molar-refractivity contribution in [2.75, 3.05) is 0 Å². The highest BCUT2D eigenvalue weighted by Crippen LogP contribution is 2.33. The maximum absolute atomic E-state index is 13.0. The molecule has 0 amide bonds. The lowest BCUT2D eigenvalue weighted by molar-refractivity contribution is -0.137. The van der Waals surface area contributed by atoms with E-state index in [1.165, 1.54) is 16.9 Å². The molecule has 23 heavy (non-hydrogen) atoms. The highest BCUT2D eigenvalue weighted by Gasteiger charge is 2.34. The molecule has 0 unspecified atom stereocenters. The number of aromatic nitrogens is 3. The van der Waals surface area contributed by atoms with Crippen LogP contribution in [0.1, 0.15) is 11.1 Å². The van der Waals surface area contributed by atoms with Gasteiger partial charge in [0.1, 0.15) is 5.69 Å². The summed E-state index contributed by atoms with van der Waals surface area (Å²) in [5.74, 6) is 0. The molecule has 1 heterocycles. The highest BCUT2D eigenvalue weighted by molar-refractivity contribution is 5.58. The molecule has 3 rings (SSSR count). The summed E-state index contributed by atoms with van der Waals surface area (Å²) < 4.78 is 40.3. The number of alkyl halides is 3. The molecule has 0 bridgehead atoms. The molecule has 0 saturated heterocycles. The Bertz CT molecular complexity index is 876. The predicted octanol–water partition coefficient (Wildman–Crippen LogP) is 3.82. The van der Waals surface area contributed by atoms with Crippen LogP contribution in [0.15, 0.2) is 54.7 Å². The molecule has 0 aliphatic rings. The van der Waals surface area contributed by atoms with Crippen LogP contribution in [0.2, 0.25) is 0 Å². The normalized spacial score (nSPS) is 11.2. The van der Waals surface area contributed by atoms with Gasteiger partial charge < -0.3 is 0 Å². The van der Waals surface area contributed by atoms with Gasteiger partial charge in [0.15, 0.2) is 0 Å². The summed E-state index contributed by atoms with van der Waals surface area (Å²) in [6, 6.07) is 14.1. The Kier molecular flexibility index (Phi) is 3.58. The van der Waals surface area contributed by atoms with Crippen molar-refractivity contribution < 1.29 is 13.2 Å². The minimum atomic E-state index is -4.61. The SMILES string of the molecule is N#Cc1ccc(-n2cc(-c3ccccc3)nn2)cc1C(F)(F)F. The van der Waals surface area contributed by atoms with Crippen LogP contribution in [-0.2, 0) is 6.18 Å². The first-order chi connectivity index (χ1) is 11.0. The Morgan fingerprint density at radius 2 is 1.78 bits per heavy atom. The number of nitrogens with zero attached hydrogens (tertiary/aromatic N) is 4. The molecule has 114 valence electrons. The summed E-state index contributed by atoms with van der Waals surface area (Å²) in [6.07, 6.45) is -3.07. The maximum Gasteiger partial charge on any atom is 0.417 e. The second-order valence-corrected chi connectivity index (χ2v) is 4.75. The fourth-order valence-corrected chi connectivity index (χ4v) is 2.14. The van der Waals surface area contributed by atoms with Gasteiger partial charge in [-0.05, 0) is 18.2 Å². The number of rotatable bonds is 2. The molecule has 2 aromatic carbocycles. The summed E-state index contributed by atoms with van der Waals surface area (Å²) in [7, 11) is 0. The van der Waals surface area contributed by atoms with Gasteiger partial charge in [-0.25, -0.2) is 4.68 Å². The average Bonchev–Trinajstić information content (AvgIpc) is 3.04. The van der Waals surface area contributed by atoms with E-state index in [1.54, 1.807) is 6.07 Å². The molecule has 4 nitrogen and oxygen atoms in total. The molecule has 0 atom stereocenters. The molecule has 0 N–H and O–H groups in total. The quantitative estimate of drug-likeness (QED) is 0.722. The van der Waals surface area contributed by atoms with E-state index >= 15 is 0 Å². The van der Waals surface area contributed by atoms with Crippen LogP contribution in [0.25, 0.3) is 16.9 Å². The van der Waals surface area contributed by atoms with E-state index in [1.807, 2.05) is 30.3 Å². The Balaban J connectivity index is 2.04. The lowest BCUT2D eigenvalue weighted by Crippen LogP contribution is -2.09. The predicted molar refractivity (Wildman–Crippen MR) is 76.5 cm³/mol. The average molecular weight is 314 g/mol. The van der Waals surface area contributed by atoms with Crippen molar-refractivity contribution in [2.24, 2.45) is 0 Å². The Morgan fingerprint density at radius 1 is 1.04 bits per heavy atom. The Morgan fingerprint density at radius 3 is 2.43 bits per heavy atom. The van der Waals surface area contributed by atoms with Gasteiger partial charge in [-0.2, -0.15) is 18.4 Å². The lowest BCUT2D eigenvalue weighted by atomic mass is 10.1. The first-order valence-corrected chi connectivity index (χ1v) is 6.58. The fraction of sp³-hybridized carbons (Fsp3) is 0.0625. The molecule has 0 aliphatic carbocycles. The molecule has 1 aromatic heterocycles. The number of hydrogen-bond acceptors (Lipinski definition) is 3. The molecule has 0 aliphatic heterocycles. The summed E-state index contributed by atoms with van der Waals surface area (Å²) in [6.45, 7) is 0. The van der Waals surface area contributed by atoms with Gasteiger partial charge in [-0.3, -0.25) is 0 Å². The van der Waals surface area contributed by atoms with Gasteiger partial charge in [-0.1, -0.05) is 35.5 Å². The van der Waals surface area contributed by atoms with Crippen LogP contribution in [0, 0.1) is 11.3 Å². The molecule has 7 heteroatoms. The molecular weight excluding hydrogens is 305 g/mol. The Hall–Kier alpha value is -3.14. The van der Waals surface area contributed by atoms with Crippen molar-refractivity contribution in [1.82, 2.24) is 15.0 Å². The van der Waals surface area contributed by atoms with Gasteiger partial charge >= 0.3 is 6.18 Å². The van der Waals surface area contributed by atoms with Crippen molar-refractivity contribution in [1.29, 1.82) is 5.26 Å². The van der Waals surface area contributed by atoms with E-state index in [9.17, 15) is 13.2 Å². The molecule has 0 spiro atoms. The van der Waals surface area contributed by atoms with E-state index in [2.05, 4.69) is 10.3 Å². The van der Waals surface area contributed by atoms with Crippen LogP contribution in [0.4, 0.5) is 13.2 Å². The lowest BCUT2D eigenvalue weighted by Gasteiger charge is -2.10. The third-order valence-corrected chi connectivity index (χ3v) is 3.26. The third kappa shape index (κ3) is 2.92. The van der Waals surface area contributed by atoms with Crippen molar-refractivity contribution in [3.8, 4) is 23.0 Å². The first-order valence-electron chi connectivity index (χ1n) is 6.58. The van der Waals surface area contributed by atoms with Gasteiger partial charge in [0, 0.05) is 5.56 Å². The van der Waals surface area contributed by atoms with Crippen LogP contribution in [0.3, 0.4) is 0 Å². The van der Waals surface area contributed by atoms with Crippen molar-refractivity contribution in [3.05, 3.63) is 65.9 Å². The zero-order valence-corrected chi connectivity index (χ0v) is 11.6. The van der Waals surface area contributed by atoms with Gasteiger partial charge in [0.25, 0.3) is 0 Å². The van der Waals surface area contributed by atoms with Gasteiger partial charge in [0.2, 0.25) is 0 Å². The largest absolute Gasteiger partial charge is 0.417 e. The summed E-state index contributed by atoms with van der Waals surface area (Å²) in [4.78, 5) is 0. The smallest absolute Gasteiger partial charge is 0.220 e. The van der Waals surface area contributed by atoms with Crippen molar-refractivity contribution >= 4 is 0 Å².